The Balaban J connectivity index is 1.65. The molecule has 25 heavy (non-hydrogen) atoms. The minimum absolute atomic E-state index is 0.0825. The summed E-state index contributed by atoms with van der Waals surface area (Å²) >= 11 is 0. The molecule has 3 aromatic carbocycles. The Hall–Kier alpha value is -3.01. The van der Waals surface area contributed by atoms with Gasteiger partial charge in [-0.15, -0.1) is 0 Å². The van der Waals surface area contributed by atoms with Gasteiger partial charge in [0.25, 0.3) is 0 Å². The van der Waals surface area contributed by atoms with Crippen LogP contribution >= 0.6 is 0 Å². The largest absolute Gasteiger partial charge is 0.426 e. The molecular formula is C21H16F2O2. The molecule has 0 fully saturated rings. The molecule has 0 aliphatic heterocycles. The second kappa shape index (κ2) is 7.26. The Morgan fingerprint density at radius 2 is 1.48 bits per heavy atom. The third-order valence-corrected chi connectivity index (χ3v) is 3.85. The van der Waals surface area contributed by atoms with Gasteiger partial charge in [-0.1, -0.05) is 42.5 Å². The molecule has 0 aliphatic carbocycles. The summed E-state index contributed by atoms with van der Waals surface area (Å²) in [5.41, 5.74) is 3.10. The van der Waals surface area contributed by atoms with Gasteiger partial charge in [-0.25, -0.2) is 8.78 Å². The van der Waals surface area contributed by atoms with Crippen molar-refractivity contribution in [2.24, 2.45) is 0 Å². The molecule has 0 spiro atoms. The lowest BCUT2D eigenvalue weighted by atomic mass is 10.0. The maximum absolute atomic E-state index is 13.5. The number of benzene rings is 3. The molecule has 0 saturated carbocycles. The maximum atomic E-state index is 13.5. The van der Waals surface area contributed by atoms with Crippen LogP contribution in [0, 0.1) is 18.6 Å². The lowest BCUT2D eigenvalue weighted by Gasteiger charge is -2.07. The van der Waals surface area contributed by atoms with Gasteiger partial charge in [0.2, 0.25) is 0 Å². The lowest BCUT2D eigenvalue weighted by Crippen LogP contribution is -2.11. The van der Waals surface area contributed by atoms with Crippen molar-refractivity contribution in [1.29, 1.82) is 0 Å². The van der Waals surface area contributed by atoms with Crippen LogP contribution in [-0.2, 0) is 11.2 Å². The van der Waals surface area contributed by atoms with Gasteiger partial charge >= 0.3 is 5.97 Å². The van der Waals surface area contributed by atoms with Crippen LogP contribution in [0.4, 0.5) is 8.78 Å². The zero-order valence-corrected chi connectivity index (χ0v) is 13.6. The van der Waals surface area contributed by atoms with E-state index in [0.29, 0.717) is 5.56 Å². The summed E-state index contributed by atoms with van der Waals surface area (Å²) in [5, 5.41) is 0. The summed E-state index contributed by atoms with van der Waals surface area (Å²) in [6.45, 7) is 1.64. The first kappa shape index (κ1) is 16.8. The average Bonchev–Trinajstić information content (AvgIpc) is 2.60. The minimum Gasteiger partial charge on any atom is -0.426 e. The number of aryl methyl sites for hydroxylation is 1. The third kappa shape index (κ3) is 4.29. The fraction of sp³-hybridized carbons (Fsp3) is 0.0952. The Kier molecular flexibility index (Phi) is 4.89. The maximum Gasteiger partial charge on any atom is 0.315 e. The van der Waals surface area contributed by atoms with Crippen molar-refractivity contribution in [2.45, 2.75) is 13.3 Å². The van der Waals surface area contributed by atoms with Crippen LogP contribution in [0.2, 0.25) is 0 Å². The highest BCUT2D eigenvalue weighted by Crippen LogP contribution is 2.21. The fourth-order valence-electron chi connectivity index (χ4n) is 2.43. The number of hydrogen-bond acceptors (Lipinski definition) is 2. The molecule has 126 valence electrons. The summed E-state index contributed by atoms with van der Waals surface area (Å²) in [4.78, 5) is 12.0. The number of halogens is 2. The Morgan fingerprint density at radius 1 is 0.880 bits per heavy atom. The zero-order valence-electron chi connectivity index (χ0n) is 13.6. The first-order chi connectivity index (χ1) is 12.0. The number of esters is 1. The predicted molar refractivity (Wildman–Crippen MR) is 92.3 cm³/mol. The molecule has 0 bridgehead atoms. The molecule has 0 unspecified atom stereocenters. The molecule has 0 atom stereocenters. The molecule has 0 saturated heterocycles. The van der Waals surface area contributed by atoms with Gasteiger partial charge in [0.15, 0.2) is 0 Å². The Morgan fingerprint density at radius 3 is 2.08 bits per heavy atom. The molecule has 0 aliphatic rings. The number of carbonyl (C=O) groups is 1. The molecule has 3 aromatic rings. The third-order valence-electron chi connectivity index (χ3n) is 3.85. The summed E-state index contributed by atoms with van der Waals surface area (Å²) in [5.74, 6) is -0.960. The Bertz CT molecular complexity index is 885. The van der Waals surface area contributed by atoms with Gasteiger partial charge in [0.1, 0.15) is 17.4 Å². The van der Waals surface area contributed by atoms with E-state index < -0.39 is 11.8 Å². The van der Waals surface area contributed by atoms with Crippen LogP contribution < -0.4 is 4.74 Å². The van der Waals surface area contributed by atoms with Crippen LogP contribution in [0.25, 0.3) is 11.1 Å². The van der Waals surface area contributed by atoms with Crippen LogP contribution in [0.5, 0.6) is 5.75 Å². The van der Waals surface area contributed by atoms with Gasteiger partial charge in [0, 0.05) is 6.07 Å². The molecule has 0 radical (unpaired) electrons. The van der Waals surface area contributed by atoms with Crippen molar-refractivity contribution in [1.82, 2.24) is 0 Å². The SMILES string of the molecule is Cc1ccc(OC(=O)Cc2ccc(-c3ccc(F)cc3)cc2)cc1F. The van der Waals surface area contributed by atoms with Crippen molar-refractivity contribution in [3.8, 4) is 16.9 Å². The minimum atomic E-state index is -0.460. The number of ether oxygens (including phenoxy) is 1. The van der Waals surface area contributed by atoms with Crippen molar-refractivity contribution >= 4 is 5.97 Å². The lowest BCUT2D eigenvalue weighted by molar-refractivity contribution is -0.133. The summed E-state index contributed by atoms with van der Waals surface area (Å²) < 4.78 is 31.6. The molecule has 0 heterocycles. The summed E-state index contributed by atoms with van der Waals surface area (Å²) in [7, 11) is 0. The van der Waals surface area contributed by atoms with E-state index in [2.05, 4.69) is 0 Å². The van der Waals surface area contributed by atoms with E-state index in [9.17, 15) is 13.6 Å². The molecule has 4 heteroatoms. The second-order valence-corrected chi connectivity index (χ2v) is 5.77. The smallest absolute Gasteiger partial charge is 0.315 e. The molecule has 2 nitrogen and oxygen atoms in total. The van der Waals surface area contributed by atoms with E-state index in [-0.39, 0.29) is 18.0 Å². The van der Waals surface area contributed by atoms with Crippen LogP contribution in [0.1, 0.15) is 11.1 Å². The van der Waals surface area contributed by atoms with Crippen LogP contribution in [0.3, 0.4) is 0 Å². The summed E-state index contributed by atoms with van der Waals surface area (Å²) in [6.07, 6.45) is 0.0825. The van der Waals surface area contributed by atoms with E-state index in [1.807, 2.05) is 24.3 Å². The van der Waals surface area contributed by atoms with E-state index in [4.69, 9.17) is 4.74 Å². The van der Waals surface area contributed by atoms with Crippen LogP contribution in [-0.4, -0.2) is 5.97 Å². The molecule has 0 amide bonds. The molecule has 0 aromatic heterocycles. The van der Waals surface area contributed by atoms with E-state index >= 15 is 0 Å². The van der Waals surface area contributed by atoms with Crippen LogP contribution in [0.15, 0.2) is 66.7 Å². The van der Waals surface area contributed by atoms with E-state index in [0.717, 1.165) is 16.7 Å². The zero-order chi connectivity index (χ0) is 17.8. The van der Waals surface area contributed by atoms with Gasteiger partial charge in [0.05, 0.1) is 6.42 Å². The van der Waals surface area contributed by atoms with E-state index in [1.54, 1.807) is 31.2 Å². The monoisotopic (exact) mass is 338 g/mol. The average molecular weight is 338 g/mol. The number of rotatable bonds is 4. The van der Waals surface area contributed by atoms with Gasteiger partial charge in [-0.3, -0.25) is 4.79 Å². The van der Waals surface area contributed by atoms with Crippen molar-refractivity contribution in [3.63, 3.8) is 0 Å². The topological polar surface area (TPSA) is 26.3 Å². The van der Waals surface area contributed by atoms with Gasteiger partial charge in [-0.2, -0.15) is 0 Å². The fourth-order valence-corrected chi connectivity index (χ4v) is 2.43. The van der Waals surface area contributed by atoms with E-state index in [1.165, 1.54) is 18.2 Å². The van der Waals surface area contributed by atoms with Crippen molar-refractivity contribution in [2.75, 3.05) is 0 Å². The highest BCUT2D eigenvalue weighted by molar-refractivity contribution is 5.75. The quantitative estimate of drug-likeness (QED) is 0.489. The summed E-state index contributed by atoms with van der Waals surface area (Å²) in [6, 6.07) is 17.9. The molecule has 3 rings (SSSR count). The number of carbonyl (C=O) groups excluding carboxylic acids is 1. The first-order valence-corrected chi connectivity index (χ1v) is 7.83. The van der Waals surface area contributed by atoms with Crippen molar-refractivity contribution in [3.05, 3.63) is 89.5 Å². The highest BCUT2D eigenvalue weighted by Gasteiger charge is 2.09. The van der Waals surface area contributed by atoms with Gasteiger partial charge in [-0.05, 0) is 47.4 Å². The van der Waals surface area contributed by atoms with Gasteiger partial charge < -0.3 is 4.74 Å². The van der Waals surface area contributed by atoms with Crippen molar-refractivity contribution < 1.29 is 18.3 Å². The second-order valence-electron chi connectivity index (χ2n) is 5.77. The predicted octanol–water partition coefficient (Wildman–Crippen LogP) is 5.09. The first-order valence-electron chi connectivity index (χ1n) is 7.83. The Labute approximate surface area is 144 Å². The highest BCUT2D eigenvalue weighted by atomic mass is 19.1. The number of hydrogen-bond donors (Lipinski definition) is 0. The normalized spacial score (nSPS) is 10.5. The molecular weight excluding hydrogens is 322 g/mol. The standard InChI is InChI=1S/C21H16F2O2/c1-14-2-11-19(13-20(14)23)25-21(24)12-15-3-5-16(6-4-15)17-7-9-18(22)10-8-17/h2-11,13H,12H2,1H3. The molecule has 0 N–H and O–H groups in total.